The summed E-state index contributed by atoms with van der Waals surface area (Å²) >= 11 is 8.51. The summed E-state index contributed by atoms with van der Waals surface area (Å²) in [6.45, 7) is 1.62. The highest BCUT2D eigenvalue weighted by molar-refractivity contribution is 8.02. The highest BCUT2D eigenvalue weighted by atomic mass is 35.5. The van der Waals surface area contributed by atoms with Crippen molar-refractivity contribution < 1.29 is 18.0 Å². The number of thioether (sulfide) groups is 1. The summed E-state index contributed by atoms with van der Waals surface area (Å²) in [7, 11) is 0. The van der Waals surface area contributed by atoms with Gasteiger partial charge in [0, 0.05) is 5.02 Å². The maximum Gasteiger partial charge on any atom is 0.418 e. The molecule has 1 atom stereocenters. The topological polar surface area (TPSA) is 42.0 Å². The first kappa shape index (κ1) is 19.0. The van der Waals surface area contributed by atoms with Gasteiger partial charge in [-0.2, -0.15) is 13.2 Å². The standard InChI is InChI=1S/C17H12ClF3N2OS2/c1-9(25-16-23-13-8-10(18)6-7-14(13)26-16)15(24)22-12-5-3-2-4-11(12)17(19,20)21/h2-9H,1H3,(H,22,24). The summed E-state index contributed by atoms with van der Waals surface area (Å²) in [4.78, 5) is 16.7. The van der Waals surface area contributed by atoms with Gasteiger partial charge in [0.05, 0.1) is 26.7 Å². The molecule has 0 bridgehead atoms. The molecule has 2 aromatic carbocycles. The van der Waals surface area contributed by atoms with E-state index < -0.39 is 22.9 Å². The highest BCUT2D eigenvalue weighted by Crippen LogP contribution is 2.36. The average Bonchev–Trinajstić information content (AvgIpc) is 2.95. The third kappa shape index (κ3) is 4.31. The number of nitrogens with one attached hydrogen (secondary N) is 1. The molecule has 0 aliphatic heterocycles. The fraction of sp³-hybridized carbons (Fsp3) is 0.176. The molecule has 26 heavy (non-hydrogen) atoms. The molecule has 0 spiro atoms. The lowest BCUT2D eigenvalue weighted by atomic mass is 10.1. The summed E-state index contributed by atoms with van der Waals surface area (Å²) < 4.78 is 40.6. The van der Waals surface area contributed by atoms with E-state index in [0.717, 1.165) is 16.3 Å². The van der Waals surface area contributed by atoms with Gasteiger partial charge in [-0.1, -0.05) is 35.5 Å². The van der Waals surface area contributed by atoms with Gasteiger partial charge in [0.15, 0.2) is 4.34 Å². The number of amides is 1. The Morgan fingerprint density at radius 3 is 2.73 bits per heavy atom. The Morgan fingerprint density at radius 1 is 1.27 bits per heavy atom. The molecular weight excluding hydrogens is 405 g/mol. The maximum atomic E-state index is 13.0. The van der Waals surface area contributed by atoms with E-state index in [1.807, 2.05) is 6.07 Å². The highest BCUT2D eigenvalue weighted by Gasteiger charge is 2.34. The Balaban J connectivity index is 1.74. The number of aromatic nitrogens is 1. The SMILES string of the molecule is CC(Sc1nc2cc(Cl)ccc2s1)C(=O)Nc1ccccc1C(F)(F)F. The van der Waals surface area contributed by atoms with Gasteiger partial charge in [-0.15, -0.1) is 11.3 Å². The van der Waals surface area contributed by atoms with Crippen molar-refractivity contribution in [2.24, 2.45) is 0 Å². The molecule has 0 radical (unpaired) electrons. The first-order valence-electron chi connectivity index (χ1n) is 7.44. The van der Waals surface area contributed by atoms with E-state index in [1.54, 1.807) is 19.1 Å². The Morgan fingerprint density at radius 2 is 2.00 bits per heavy atom. The molecule has 0 saturated heterocycles. The fourth-order valence-corrected chi connectivity index (χ4v) is 4.57. The molecule has 3 rings (SSSR count). The molecule has 0 fully saturated rings. The monoisotopic (exact) mass is 416 g/mol. The third-order valence-electron chi connectivity index (χ3n) is 3.47. The molecule has 1 aromatic heterocycles. The van der Waals surface area contributed by atoms with Crippen LogP contribution in [0.4, 0.5) is 18.9 Å². The Kier molecular flexibility index (Phi) is 5.45. The lowest BCUT2D eigenvalue weighted by Gasteiger charge is -2.15. The number of carbonyl (C=O) groups is 1. The minimum atomic E-state index is -4.54. The number of carbonyl (C=O) groups excluding carboxylic acids is 1. The second-order valence-corrected chi connectivity index (χ2v) is 8.44. The first-order valence-corrected chi connectivity index (χ1v) is 9.51. The van der Waals surface area contributed by atoms with Crippen LogP contribution in [0.2, 0.25) is 5.02 Å². The van der Waals surface area contributed by atoms with E-state index in [4.69, 9.17) is 11.6 Å². The van der Waals surface area contributed by atoms with Crippen molar-refractivity contribution >= 4 is 56.5 Å². The van der Waals surface area contributed by atoms with Gasteiger partial charge in [0.1, 0.15) is 0 Å². The van der Waals surface area contributed by atoms with Gasteiger partial charge >= 0.3 is 6.18 Å². The van der Waals surface area contributed by atoms with Gasteiger partial charge in [0.2, 0.25) is 5.91 Å². The van der Waals surface area contributed by atoms with Crippen LogP contribution in [0.15, 0.2) is 46.8 Å². The zero-order valence-electron chi connectivity index (χ0n) is 13.3. The van der Waals surface area contributed by atoms with Crippen LogP contribution in [0.25, 0.3) is 10.2 Å². The molecular formula is C17H12ClF3N2OS2. The summed E-state index contributed by atoms with van der Waals surface area (Å²) in [6.07, 6.45) is -4.54. The lowest BCUT2D eigenvalue weighted by Crippen LogP contribution is -2.24. The van der Waals surface area contributed by atoms with Crippen LogP contribution in [0.3, 0.4) is 0 Å². The van der Waals surface area contributed by atoms with Crippen LogP contribution in [-0.4, -0.2) is 16.1 Å². The summed E-state index contributed by atoms with van der Waals surface area (Å²) in [6, 6.07) is 10.2. The van der Waals surface area contributed by atoms with E-state index in [-0.39, 0.29) is 5.69 Å². The van der Waals surface area contributed by atoms with Crippen molar-refractivity contribution in [2.75, 3.05) is 5.32 Å². The predicted molar refractivity (Wildman–Crippen MR) is 100 cm³/mol. The van der Waals surface area contributed by atoms with Gasteiger partial charge < -0.3 is 5.32 Å². The quantitative estimate of drug-likeness (QED) is 0.523. The largest absolute Gasteiger partial charge is 0.418 e. The number of fused-ring (bicyclic) bond motifs is 1. The van der Waals surface area contributed by atoms with Crippen molar-refractivity contribution in [3.63, 3.8) is 0 Å². The van der Waals surface area contributed by atoms with E-state index in [2.05, 4.69) is 10.3 Å². The summed E-state index contributed by atoms with van der Waals surface area (Å²) in [5.41, 5.74) is -0.409. The van der Waals surface area contributed by atoms with Crippen LogP contribution >= 0.6 is 34.7 Å². The minimum Gasteiger partial charge on any atom is -0.325 e. The van der Waals surface area contributed by atoms with Crippen LogP contribution in [0.1, 0.15) is 12.5 Å². The Hall–Kier alpha value is -1.77. The molecule has 3 nitrogen and oxygen atoms in total. The number of hydrogen-bond acceptors (Lipinski definition) is 4. The van der Waals surface area contributed by atoms with Gasteiger partial charge in [-0.25, -0.2) is 4.98 Å². The minimum absolute atomic E-state index is 0.256. The molecule has 136 valence electrons. The van der Waals surface area contributed by atoms with Crippen molar-refractivity contribution in [1.82, 2.24) is 4.98 Å². The summed E-state index contributed by atoms with van der Waals surface area (Å²) in [5.74, 6) is -0.524. The summed E-state index contributed by atoms with van der Waals surface area (Å²) in [5, 5.41) is 2.30. The number of para-hydroxylation sites is 1. The third-order valence-corrected chi connectivity index (χ3v) is 5.93. The van der Waals surface area contributed by atoms with Crippen LogP contribution < -0.4 is 5.32 Å². The molecule has 0 aliphatic carbocycles. The molecule has 1 heterocycles. The molecule has 1 unspecified atom stereocenters. The number of benzene rings is 2. The number of anilines is 1. The van der Waals surface area contributed by atoms with Crippen LogP contribution in [0, 0.1) is 0 Å². The normalized spacial score (nSPS) is 13.0. The number of hydrogen-bond donors (Lipinski definition) is 1. The van der Waals surface area contributed by atoms with Gasteiger partial charge in [-0.3, -0.25) is 4.79 Å². The van der Waals surface area contributed by atoms with E-state index in [0.29, 0.717) is 9.36 Å². The van der Waals surface area contributed by atoms with Crippen molar-refractivity contribution in [3.8, 4) is 0 Å². The number of rotatable bonds is 4. The zero-order chi connectivity index (χ0) is 18.9. The van der Waals surface area contributed by atoms with Crippen molar-refractivity contribution in [1.29, 1.82) is 0 Å². The number of alkyl halides is 3. The number of nitrogens with zero attached hydrogens (tertiary/aromatic N) is 1. The number of halogens is 4. The molecule has 0 saturated carbocycles. The molecule has 9 heteroatoms. The van der Waals surface area contributed by atoms with Crippen LogP contribution in [-0.2, 0) is 11.0 Å². The second kappa shape index (κ2) is 7.46. The van der Waals surface area contributed by atoms with Gasteiger partial charge in [0.25, 0.3) is 0 Å². The average molecular weight is 417 g/mol. The smallest absolute Gasteiger partial charge is 0.325 e. The zero-order valence-corrected chi connectivity index (χ0v) is 15.7. The van der Waals surface area contributed by atoms with E-state index in [1.165, 1.54) is 41.3 Å². The van der Waals surface area contributed by atoms with E-state index in [9.17, 15) is 18.0 Å². The predicted octanol–water partition coefficient (Wildman–Crippen LogP) is 6.09. The number of thiazole rings is 1. The fourth-order valence-electron chi connectivity index (χ4n) is 2.21. The molecule has 1 N–H and O–H groups in total. The molecule has 1 amide bonds. The van der Waals surface area contributed by atoms with Crippen LogP contribution in [0.5, 0.6) is 0 Å². The van der Waals surface area contributed by atoms with Crippen molar-refractivity contribution in [3.05, 3.63) is 53.1 Å². The molecule has 3 aromatic rings. The first-order chi connectivity index (χ1) is 12.2. The van der Waals surface area contributed by atoms with Gasteiger partial charge in [-0.05, 0) is 37.3 Å². The molecule has 0 aliphatic rings. The Labute approximate surface area is 160 Å². The lowest BCUT2D eigenvalue weighted by molar-refractivity contribution is -0.137. The second-order valence-electron chi connectivity index (χ2n) is 5.38. The van der Waals surface area contributed by atoms with Crippen molar-refractivity contribution in [2.45, 2.75) is 22.7 Å². The van der Waals surface area contributed by atoms with E-state index >= 15 is 0 Å². The maximum absolute atomic E-state index is 13.0. The Bertz CT molecular complexity index is 959.